The number of rotatable bonds is 4. The number of hydrogen-bond donors (Lipinski definition) is 3. The molecule has 0 saturated carbocycles. The number of guanidine groups is 1. The summed E-state index contributed by atoms with van der Waals surface area (Å²) in [6.07, 6.45) is 0. The molecule has 0 radical (unpaired) electrons. The molecular formula is C13H17ClN4O3. The van der Waals surface area contributed by atoms with Crippen LogP contribution in [0.25, 0.3) is 0 Å². The third kappa shape index (κ3) is 6.13. The van der Waals surface area contributed by atoms with Crippen LogP contribution in [0.4, 0.5) is 10.5 Å². The van der Waals surface area contributed by atoms with Gasteiger partial charge >= 0.3 is 12.0 Å². The predicted molar refractivity (Wildman–Crippen MR) is 80.6 cm³/mol. The highest BCUT2D eigenvalue weighted by Gasteiger charge is 2.13. The monoisotopic (exact) mass is 312 g/mol. The second-order valence-corrected chi connectivity index (χ2v) is 4.54. The van der Waals surface area contributed by atoms with Gasteiger partial charge in [0.25, 0.3) is 0 Å². The van der Waals surface area contributed by atoms with Crippen molar-refractivity contribution in [3.05, 3.63) is 29.3 Å². The molecule has 0 heterocycles. The maximum Gasteiger partial charge on any atom is 0.325 e. The average Bonchev–Trinajstić information content (AvgIpc) is 2.38. The number of ether oxygens (including phenoxy) is 1. The van der Waals surface area contributed by atoms with Crippen LogP contribution < -0.4 is 10.6 Å². The molecule has 0 aliphatic rings. The molecule has 8 heteroatoms. The third-order valence-corrected chi connectivity index (χ3v) is 2.60. The number of anilines is 1. The van der Waals surface area contributed by atoms with Crippen molar-refractivity contribution in [2.45, 2.75) is 6.92 Å². The van der Waals surface area contributed by atoms with E-state index in [9.17, 15) is 9.59 Å². The van der Waals surface area contributed by atoms with Gasteiger partial charge in [-0.15, -0.1) is 0 Å². The number of hydrogen-bond acceptors (Lipinski definition) is 4. The maximum absolute atomic E-state index is 11.7. The first kappa shape index (κ1) is 16.8. The summed E-state index contributed by atoms with van der Waals surface area (Å²) < 4.78 is 4.76. The molecule has 1 aromatic carbocycles. The molecule has 1 aromatic rings. The van der Waals surface area contributed by atoms with Crippen LogP contribution in [-0.4, -0.2) is 43.1 Å². The largest absolute Gasteiger partial charge is 0.465 e. The Kier molecular flexibility index (Phi) is 6.48. The van der Waals surface area contributed by atoms with E-state index >= 15 is 0 Å². The first-order valence-electron chi connectivity index (χ1n) is 6.21. The van der Waals surface area contributed by atoms with Gasteiger partial charge in [0.2, 0.25) is 0 Å². The first-order valence-corrected chi connectivity index (χ1v) is 6.59. The van der Waals surface area contributed by atoms with Crippen molar-refractivity contribution >= 4 is 35.2 Å². The Hall–Kier alpha value is -2.28. The third-order valence-electron chi connectivity index (χ3n) is 2.37. The Morgan fingerprint density at radius 3 is 2.76 bits per heavy atom. The van der Waals surface area contributed by atoms with E-state index in [4.69, 9.17) is 21.7 Å². The summed E-state index contributed by atoms with van der Waals surface area (Å²) in [5.74, 6) is -0.690. The van der Waals surface area contributed by atoms with E-state index in [-0.39, 0.29) is 19.1 Å². The van der Waals surface area contributed by atoms with Gasteiger partial charge in [-0.05, 0) is 25.1 Å². The summed E-state index contributed by atoms with van der Waals surface area (Å²) in [6, 6.07) is 6.01. The number of nitrogens with one attached hydrogen (secondary N) is 3. The number of nitrogens with zero attached hydrogens (tertiary/aromatic N) is 1. The molecule has 0 atom stereocenters. The molecular weight excluding hydrogens is 296 g/mol. The summed E-state index contributed by atoms with van der Waals surface area (Å²) in [5.41, 5.74) is 0.501. The zero-order chi connectivity index (χ0) is 15.8. The number of likely N-dealkylation sites (N-methyl/N-ethyl adjacent to an activating group) is 1. The molecule has 1 rings (SSSR count). The van der Waals surface area contributed by atoms with Crippen molar-refractivity contribution in [3.63, 3.8) is 0 Å². The van der Waals surface area contributed by atoms with Crippen LogP contribution in [0.5, 0.6) is 0 Å². The molecule has 0 aliphatic carbocycles. The van der Waals surface area contributed by atoms with Gasteiger partial charge in [0.1, 0.15) is 6.54 Å². The molecule has 0 fully saturated rings. The average molecular weight is 313 g/mol. The van der Waals surface area contributed by atoms with Crippen molar-refractivity contribution in [2.24, 2.45) is 0 Å². The van der Waals surface area contributed by atoms with Crippen molar-refractivity contribution in [1.82, 2.24) is 10.2 Å². The lowest BCUT2D eigenvalue weighted by atomic mass is 10.3. The van der Waals surface area contributed by atoms with E-state index < -0.39 is 12.0 Å². The number of carbonyl (C=O) groups excluding carboxylic acids is 2. The van der Waals surface area contributed by atoms with Gasteiger partial charge in [0, 0.05) is 17.8 Å². The van der Waals surface area contributed by atoms with Crippen molar-refractivity contribution < 1.29 is 14.3 Å². The minimum Gasteiger partial charge on any atom is -0.465 e. The van der Waals surface area contributed by atoms with Gasteiger partial charge in [-0.2, -0.15) is 0 Å². The van der Waals surface area contributed by atoms with Crippen LogP contribution in [0.15, 0.2) is 24.3 Å². The van der Waals surface area contributed by atoms with Crippen LogP contribution in [0.2, 0.25) is 5.02 Å². The lowest BCUT2D eigenvalue weighted by molar-refractivity contribution is -0.143. The summed E-state index contributed by atoms with van der Waals surface area (Å²) in [4.78, 5) is 24.2. The fraction of sp³-hybridized carbons (Fsp3) is 0.308. The molecule has 3 N–H and O–H groups in total. The zero-order valence-electron chi connectivity index (χ0n) is 11.8. The Balaban J connectivity index is 2.46. The smallest absolute Gasteiger partial charge is 0.325 e. The van der Waals surface area contributed by atoms with Crippen LogP contribution in [0.1, 0.15) is 6.92 Å². The summed E-state index contributed by atoms with van der Waals surface area (Å²) in [5, 5.41) is 13.0. The van der Waals surface area contributed by atoms with Gasteiger partial charge in [0.15, 0.2) is 5.96 Å². The second-order valence-electron chi connectivity index (χ2n) is 4.10. The molecule has 0 spiro atoms. The van der Waals surface area contributed by atoms with Crippen LogP contribution in [0.3, 0.4) is 0 Å². The molecule has 7 nitrogen and oxygen atoms in total. The van der Waals surface area contributed by atoms with Gasteiger partial charge in [0.05, 0.1) is 6.61 Å². The maximum atomic E-state index is 11.7. The lowest BCUT2D eigenvalue weighted by Crippen LogP contribution is -2.45. The van der Waals surface area contributed by atoms with E-state index in [1.165, 1.54) is 11.9 Å². The van der Waals surface area contributed by atoms with Gasteiger partial charge < -0.3 is 15.0 Å². The number of urea groups is 1. The standard InChI is InChI=1S/C13H17ClN4O3/c1-3-21-11(19)8-18(2)12(15)17-13(20)16-10-6-4-5-9(14)7-10/h4-7H,3,8H2,1-2H3,(H3,15,16,17,20). The number of halogens is 1. The molecule has 0 aromatic heterocycles. The number of amides is 2. The van der Waals surface area contributed by atoms with Gasteiger partial charge in [-0.25, -0.2) is 4.79 Å². The van der Waals surface area contributed by atoms with Crippen molar-refractivity contribution in [3.8, 4) is 0 Å². The quantitative estimate of drug-likeness (QED) is 0.449. The fourth-order valence-corrected chi connectivity index (χ4v) is 1.60. The van der Waals surface area contributed by atoms with Gasteiger partial charge in [-0.3, -0.25) is 15.5 Å². The van der Waals surface area contributed by atoms with Crippen LogP contribution in [0, 0.1) is 5.41 Å². The fourth-order valence-electron chi connectivity index (χ4n) is 1.41. The minimum absolute atomic E-state index is 0.121. The second kappa shape index (κ2) is 8.11. The van der Waals surface area contributed by atoms with E-state index in [2.05, 4.69) is 10.6 Å². The Bertz CT molecular complexity index is 536. The van der Waals surface area contributed by atoms with Crippen LogP contribution in [-0.2, 0) is 9.53 Å². The molecule has 0 aliphatic heterocycles. The van der Waals surface area contributed by atoms with E-state index in [0.717, 1.165) is 0 Å². The molecule has 2 amide bonds. The highest BCUT2D eigenvalue weighted by molar-refractivity contribution is 6.30. The number of carbonyl (C=O) groups is 2. The molecule has 21 heavy (non-hydrogen) atoms. The van der Waals surface area contributed by atoms with Crippen molar-refractivity contribution in [2.75, 3.05) is 25.5 Å². The van der Waals surface area contributed by atoms with E-state index in [1.54, 1.807) is 31.2 Å². The topological polar surface area (TPSA) is 94.5 Å². The first-order chi connectivity index (χ1) is 9.92. The van der Waals surface area contributed by atoms with Crippen LogP contribution >= 0.6 is 11.6 Å². The highest BCUT2D eigenvalue weighted by Crippen LogP contribution is 2.14. The highest BCUT2D eigenvalue weighted by atomic mass is 35.5. The minimum atomic E-state index is -0.599. The van der Waals surface area contributed by atoms with Crippen molar-refractivity contribution in [1.29, 1.82) is 5.41 Å². The molecule has 114 valence electrons. The molecule has 0 bridgehead atoms. The van der Waals surface area contributed by atoms with E-state index in [1.807, 2.05) is 0 Å². The molecule has 0 unspecified atom stereocenters. The zero-order valence-corrected chi connectivity index (χ0v) is 12.5. The Morgan fingerprint density at radius 2 is 2.14 bits per heavy atom. The summed E-state index contributed by atoms with van der Waals surface area (Å²) in [7, 11) is 1.50. The Labute approximate surface area is 127 Å². The Morgan fingerprint density at radius 1 is 1.43 bits per heavy atom. The van der Waals surface area contributed by atoms with E-state index in [0.29, 0.717) is 10.7 Å². The SMILES string of the molecule is CCOC(=O)CN(C)C(=N)NC(=O)Nc1cccc(Cl)c1. The predicted octanol–water partition coefficient (Wildman–Crippen LogP) is 1.89. The summed E-state index contributed by atoms with van der Waals surface area (Å²) in [6.45, 7) is 1.84. The number of esters is 1. The molecule has 0 saturated heterocycles. The normalized spacial score (nSPS) is 9.67. The number of benzene rings is 1. The van der Waals surface area contributed by atoms with Gasteiger partial charge in [-0.1, -0.05) is 17.7 Å². The lowest BCUT2D eigenvalue weighted by Gasteiger charge is -2.19. The summed E-state index contributed by atoms with van der Waals surface area (Å²) >= 11 is 5.80.